The zero-order valence-corrected chi connectivity index (χ0v) is 10.1. The second-order valence-electron chi connectivity index (χ2n) is 4.25. The predicted molar refractivity (Wildman–Crippen MR) is 60.7 cm³/mol. The lowest BCUT2D eigenvalue weighted by Gasteiger charge is -2.29. The van der Waals surface area contributed by atoms with Crippen LogP contribution in [0.4, 0.5) is 0 Å². The SMILES string of the molecule is CCC(C#N)(CC)NC(=O)C1CCCCO1. The monoisotopic (exact) mass is 224 g/mol. The summed E-state index contributed by atoms with van der Waals surface area (Å²) in [5.41, 5.74) is -0.724. The van der Waals surface area contributed by atoms with Crippen LogP contribution in [0.25, 0.3) is 0 Å². The van der Waals surface area contributed by atoms with Gasteiger partial charge in [-0.15, -0.1) is 0 Å². The summed E-state index contributed by atoms with van der Waals surface area (Å²) in [5.74, 6) is -0.134. The van der Waals surface area contributed by atoms with Crippen LogP contribution in [0.2, 0.25) is 0 Å². The zero-order valence-electron chi connectivity index (χ0n) is 10.1. The molecule has 90 valence electrons. The van der Waals surface area contributed by atoms with Crippen molar-refractivity contribution >= 4 is 5.91 Å². The highest BCUT2D eigenvalue weighted by Gasteiger charge is 2.31. The number of ether oxygens (including phenoxy) is 1. The van der Waals surface area contributed by atoms with Gasteiger partial charge in [0.15, 0.2) is 0 Å². The Hall–Kier alpha value is -1.08. The Morgan fingerprint density at radius 1 is 1.50 bits per heavy atom. The van der Waals surface area contributed by atoms with Crippen molar-refractivity contribution in [1.29, 1.82) is 5.26 Å². The van der Waals surface area contributed by atoms with Gasteiger partial charge in [0, 0.05) is 6.61 Å². The van der Waals surface area contributed by atoms with Crippen molar-refractivity contribution in [2.45, 2.75) is 57.6 Å². The van der Waals surface area contributed by atoms with Crippen LogP contribution in [0.15, 0.2) is 0 Å². The molecule has 0 saturated carbocycles. The molecule has 1 fully saturated rings. The van der Waals surface area contributed by atoms with Gasteiger partial charge >= 0.3 is 0 Å². The topological polar surface area (TPSA) is 62.1 Å². The van der Waals surface area contributed by atoms with Gasteiger partial charge in [0.1, 0.15) is 11.6 Å². The van der Waals surface area contributed by atoms with Crippen LogP contribution in [0.1, 0.15) is 46.0 Å². The molecular weight excluding hydrogens is 204 g/mol. The summed E-state index contributed by atoms with van der Waals surface area (Å²) in [6.45, 7) is 4.47. The maximum atomic E-state index is 11.9. The fourth-order valence-electron chi connectivity index (χ4n) is 1.88. The summed E-state index contributed by atoms with van der Waals surface area (Å²) in [7, 11) is 0. The van der Waals surface area contributed by atoms with Crippen molar-refractivity contribution in [3.8, 4) is 6.07 Å². The fraction of sp³-hybridized carbons (Fsp3) is 0.833. The largest absolute Gasteiger partial charge is 0.368 e. The van der Waals surface area contributed by atoms with Crippen molar-refractivity contribution in [1.82, 2.24) is 5.32 Å². The second-order valence-corrected chi connectivity index (χ2v) is 4.25. The van der Waals surface area contributed by atoms with Gasteiger partial charge in [0.05, 0.1) is 6.07 Å². The summed E-state index contributed by atoms with van der Waals surface area (Å²) < 4.78 is 5.40. The van der Waals surface area contributed by atoms with Crippen LogP contribution in [-0.4, -0.2) is 24.2 Å². The minimum atomic E-state index is -0.724. The zero-order chi connectivity index (χ0) is 12.0. The first kappa shape index (κ1) is 13.0. The third-order valence-electron chi connectivity index (χ3n) is 3.26. The lowest BCUT2D eigenvalue weighted by atomic mass is 9.94. The van der Waals surface area contributed by atoms with Crippen molar-refractivity contribution in [2.24, 2.45) is 0 Å². The molecule has 4 nitrogen and oxygen atoms in total. The Balaban J connectivity index is 2.57. The van der Waals surface area contributed by atoms with Crippen LogP contribution in [-0.2, 0) is 9.53 Å². The summed E-state index contributed by atoms with van der Waals surface area (Å²) >= 11 is 0. The average molecular weight is 224 g/mol. The molecule has 1 saturated heterocycles. The van der Waals surface area contributed by atoms with Crippen LogP contribution < -0.4 is 5.32 Å². The van der Waals surface area contributed by atoms with Gasteiger partial charge in [0.2, 0.25) is 5.91 Å². The minimum absolute atomic E-state index is 0.134. The Kier molecular flexibility index (Phi) is 4.75. The normalized spacial score (nSPS) is 21.2. The maximum Gasteiger partial charge on any atom is 0.250 e. The quantitative estimate of drug-likeness (QED) is 0.791. The van der Waals surface area contributed by atoms with Gasteiger partial charge in [-0.05, 0) is 32.1 Å². The molecule has 0 aromatic heterocycles. The van der Waals surface area contributed by atoms with E-state index in [2.05, 4.69) is 11.4 Å². The van der Waals surface area contributed by atoms with E-state index in [9.17, 15) is 4.79 Å². The molecule has 0 aromatic rings. The van der Waals surface area contributed by atoms with Gasteiger partial charge in [-0.3, -0.25) is 4.79 Å². The van der Waals surface area contributed by atoms with Gasteiger partial charge in [-0.2, -0.15) is 5.26 Å². The number of nitriles is 1. The van der Waals surface area contributed by atoms with E-state index in [1.807, 2.05) is 13.8 Å². The molecule has 0 radical (unpaired) electrons. The van der Waals surface area contributed by atoms with E-state index < -0.39 is 5.54 Å². The average Bonchev–Trinajstić information content (AvgIpc) is 2.37. The fourth-order valence-corrected chi connectivity index (χ4v) is 1.88. The van der Waals surface area contributed by atoms with Crippen molar-refractivity contribution in [3.63, 3.8) is 0 Å². The number of hydrogen-bond acceptors (Lipinski definition) is 3. The van der Waals surface area contributed by atoms with Crippen LogP contribution in [0.5, 0.6) is 0 Å². The highest BCUT2D eigenvalue weighted by molar-refractivity contribution is 5.82. The summed E-state index contributed by atoms with van der Waals surface area (Å²) in [5, 5.41) is 11.9. The lowest BCUT2D eigenvalue weighted by molar-refractivity contribution is -0.137. The molecule has 1 aliphatic rings. The molecule has 1 aliphatic heterocycles. The number of amides is 1. The van der Waals surface area contributed by atoms with Crippen LogP contribution in [0, 0.1) is 11.3 Å². The molecule has 1 N–H and O–H groups in total. The maximum absolute atomic E-state index is 11.9. The molecule has 1 heterocycles. The van der Waals surface area contributed by atoms with Gasteiger partial charge in [-0.25, -0.2) is 0 Å². The third-order valence-corrected chi connectivity index (χ3v) is 3.26. The van der Waals surface area contributed by atoms with E-state index in [4.69, 9.17) is 10.00 Å². The molecule has 4 heteroatoms. The van der Waals surface area contributed by atoms with E-state index in [1.54, 1.807) is 0 Å². The minimum Gasteiger partial charge on any atom is -0.368 e. The number of rotatable bonds is 4. The van der Waals surface area contributed by atoms with Gasteiger partial charge < -0.3 is 10.1 Å². The Bertz CT molecular complexity index is 273. The molecule has 0 spiro atoms. The standard InChI is InChI=1S/C12H20N2O2/c1-3-12(4-2,9-13)14-11(15)10-7-5-6-8-16-10/h10H,3-8H2,1-2H3,(H,14,15). The molecule has 0 aliphatic carbocycles. The third kappa shape index (κ3) is 2.96. The van der Waals surface area contributed by atoms with E-state index >= 15 is 0 Å². The molecule has 1 unspecified atom stereocenters. The van der Waals surface area contributed by atoms with Crippen molar-refractivity contribution in [2.75, 3.05) is 6.61 Å². The molecule has 16 heavy (non-hydrogen) atoms. The van der Waals surface area contributed by atoms with Gasteiger partial charge in [0.25, 0.3) is 0 Å². The number of nitrogens with one attached hydrogen (secondary N) is 1. The highest BCUT2D eigenvalue weighted by atomic mass is 16.5. The van der Waals surface area contributed by atoms with E-state index in [0.717, 1.165) is 19.3 Å². The molecule has 1 atom stereocenters. The Labute approximate surface area is 97.0 Å². The Morgan fingerprint density at radius 3 is 2.62 bits per heavy atom. The van der Waals surface area contributed by atoms with E-state index in [1.165, 1.54) is 0 Å². The number of hydrogen-bond donors (Lipinski definition) is 1. The van der Waals surface area contributed by atoms with Crippen LogP contribution in [0.3, 0.4) is 0 Å². The van der Waals surface area contributed by atoms with E-state index in [-0.39, 0.29) is 12.0 Å². The molecule has 0 aromatic carbocycles. The van der Waals surface area contributed by atoms with Gasteiger partial charge in [-0.1, -0.05) is 13.8 Å². The first-order chi connectivity index (χ1) is 7.67. The molecule has 0 bridgehead atoms. The number of carbonyl (C=O) groups excluding carboxylic acids is 1. The number of carbonyl (C=O) groups is 1. The van der Waals surface area contributed by atoms with Crippen molar-refractivity contribution < 1.29 is 9.53 Å². The van der Waals surface area contributed by atoms with Crippen molar-refractivity contribution in [3.05, 3.63) is 0 Å². The Morgan fingerprint density at radius 2 is 2.19 bits per heavy atom. The highest BCUT2D eigenvalue weighted by Crippen LogP contribution is 2.17. The summed E-state index contributed by atoms with van der Waals surface area (Å²) in [6, 6.07) is 2.20. The van der Waals surface area contributed by atoms with E-state index in [0.29, 0.717) is 19.4 Å². The second kappa shape index (κ2) is 5.86. The summed E-state index contributed by atoms with van der Waals surface area (Å²) in [6.07, 6.45) is 3.70. The predicted octanol–water partition coefficient (Wildman–Crippen LogP) is 1.75. The molecule has 1 rings (SSSR count). The number of nitrogens with zero attached hydrogens (tertiary/aromatic N) is 1. The summed E-state index contributed by atoms with van der Waals surface area (Å²) in [4.78, 5) is 11.9. The smallest absolute Gasteiger partial charge is 0.250 e. The lowest BCUT2D eigenvalue weighted by Crippen LogP contribution is -2.51. The first-order valence-corrected chi connectivity index (χ1v) is 6.02. The first-order valence-electron chi connectivity index (χ1n) is 6.02. The molecular formula is C12H20N2O2. The molecule has 1 amide bonds. The van der Waals surface area contributed by atoms with Crippen LogP contribution >= 0.6 is 0 Å².